The Labute approximate surface area is 158 Å². The standard InChI is InChI=1S/C19H20ClNO4S/c1-2-25-18(22)19(12-21)16(13-7-6-8-14(20)11-13)17(19)26(23,24)15-9-4-3-5-10-15/h3-11,16-17H,2,12,21H2,1H3/t16-,17+,19+/m0/s1. The summed E-state index contributed by atoms with van der Waals surface area (Å²) in [5.41, 5.74) is 5.29. The van der Waals surface area contributed by atoms with Gasteiger partial charge in [0.05, 0.1) is 16.8 Å². The van der Waals surface area contributed by atoms with Crippen molar-refractivity contribution in [2.45, 2.75) is 23.0 Å². The molecule has 0 bridgehead atoms. The summed E-state index contributed by atoms with van der Waals surface area (Å²) in [6.45, 7) is 1.71. The van der Waals surface area contributed by atoms with Gasteiger partial charge < -0.3 is 10.5 Å². The zero-order valence-corrected chi connectivity index (χ0v) is 15.8. The molecule has 1 aliphatic rings. The van der Waals surface area contributed by atoms with Crippen LogP contribution in [0.25, 0.3) is 0 Å². The summed E-state index contributed by atoms with van der Waals surface area (Å²) in [5.74, 6) is -1.19. The highest BCUT2D eigenvalue weighted by atomic mass is 35.5. The van der Waals surface area contributed by atoms with Gasteiger partial charge in [0.2, 0.25) is 0 Å². The van der Waals surface area contributed by atoms with Crippen LogP contribution >= 0.6 is 11.6 Å². The number of rotatable bonds is 6. The monoisotopic (exact) mass is 393 g/mol. The van der Waals surface area contributed by atoms with E-state index in [-0.39, 0.29) is 18.0 Å². The van der Waals surface area contributed by atoms with E-state index >= 15 is 0 Å². The van der Waals surface area contributed by atoms with Crippen LogP contribution in [0.1, 0.15) is 18.4 Å². The van der Waals surface area contributed by atoms with Crippen LogP contribution in [0.2, 0.25) is 5.02 Å². The summed E-state index contributed by atoms with van der Waals surface area (Å²) in [4.78, 5) is 12.9. The number of ether oxygens (including phenoxy) is 1. The van der Waals surface area contributed by atoms with Gasteiger partial charge in [0.1, 0.15) is 5.41 Å². The van der Waals surface area contributed by atoms with Crippen molar-refractivity contribution in [3.05, 3.63) is 65.2 Å². The lowest BCUT2D eigenvalue weighted by molar-refractivity contribution is -0.149. The lowest BCUT2D eigenvalue weighted by Crippen LogP contribution is -2.33. The third-order valence-corrected chi connectivity index (χ3v) is 7.39. The van der Waals surface area contributed by atoms with Gasteiger partial charge in [-0.05, 0) is 36.8 Å². The van der Waals surface area contributed by atoms with Crippen LogP contribution in [0, 0.1) is 5.41 Å². The Morgan fingerprint density at radius 1 is 1.19 bits per heavy atom. The molecule has 3 rings (SSSR count). The van der Waals surface area contributed by atoms with E-state index in [4.69, 9.17) is 22.1 Å². The number of halogens is 1. The minimum Gasteiger partial charge on any atom is -0.465 e. The SMILES string of the molecule is CCOC(=O)[C@@]1(CN)[C@H](S(=O)(=O)c2ccccc2)[C@@H]1c1cccc(Cl)c1. The van der Waals surface area contributed by atoms with E-state index < -0.39 is 32.4 Å². The molecule has 26 heavy (non-hydrogen) atoms. The molecule has 0 radical (unpaired) electrons. The number of hydrogen-bond acceptors (Lipinski definition) is 5. The van der Waals surface area contributed by atoms with Gasteiger partial charge in [-0.2, -0.15) is 0 Å². The molecule has 138 valence electrons. The van der Waals surface area contributed by atoms with Crippen molar-refractivity contribution in [2.75, 3.05) is 13.2 Å². The van der Waals surface area contributed by atoms with Crippen molar-refractivity contribution in [1.29, 1.82) is 0 Å². The predicted octanol–water partition coefficient (Wildman–Crippen LogP) is 2.79. The summed E-state index contributed by atoms with van der Waals surface area (Å²) in [7, 11) is -3.78. The van der Waals surface area contributed by atoms with Gasteiger partial charge in [-0.3, -0.25) is 4.79 Å². The summed E-state index contributed by atoms with van der Waals surface area (Å²) < 4.78 is 31.7. The van der Waals surface area contributed by atoms with Crippen molar-refractivity contribution >= 4 is 27.4 Å². The lowest BCUT2D eigenvalue weighted by Gasteiger charge is -2.14. The zero-order valence-electron chi connectivity index (χ0n) is 14.3. The van der Waals surface area contributed by atoms with Crippen molar-refractivity contribution in [3.63, 3.8) is 0 Å². The quantitative estimate of drug-likeness (QED) is 0.762. The smallest absolute Gasteiger partial charge is 0.315 e. The highest BCUT2D eigenvalue weighted by molar-refractivity contribution is 7.92. The number of carbonyl (C=O) groups is 1. The second kappa shape index (κ2) is 7.02. The Kier molecular flexibility index (Phi) is 5.10. The van der Waals surface area contributed by atoms with Crippen LogP contribution < -0.4 is 5.73 Å². The first-order valence-corrected chi connectivity index (χ1v) is 10.2. The Hall–Kier alpha value is -1.89. The Bertz CT molecular complexity index is 916. The average Bonchev–Trinajstić information content (AvgIpc) is 3.34. The first-order valence-electron chi connectivity index (χ1n) is 8.31. The Balaban J connectivity index is 2.13. The number of nitrogens with two attached hydrogens (primary N) is 1. The maximum atomic E-state index is 13.3. The van der Waals surface area contributed by atoms with Crippen LogP contribution in [0.4, 0.5) is 0 Å². The molecular weight excluding hydrogens is 374 g/mol. The predicted molar refractivity (Wildman–Crippen MR) is 99.7 cm³/mol. The highest BCUT2D eigenvalue weighted by Crippen LogP contribution is 2.64. The van der Waals surface area contributed by atoms with E-state index in [1.54, 1.807) is 49.4 Å². The number of benzene rings is 2. The van der Waals surface area contributed by atoms with Crippen molar-refractivity contribution in [3.8, 4) is 0 Å². The molecule has 0 aliphatic heterocycles. The topological polar surface area (TPSA) is 86.5 Å². The molecule has 0 amide bonds. The van der Waals surface area contributed by atoms with Gasteiger partial charge in [-0.25, -0.2) is 8.42 Å². The number of hydrogen-bond donors (Lipinski definition) is 1. The first kappa shape index (κ1) is 18.9. The van der Waals surface area contributed by atoms with Gasteiger partial charge in [-0.1, -0.05) is 41.9 Å². The fourth-order valence-corrected chi connectivity index (χ4v) is 6.23. The van der Waals surface area contributed by atoms with Crippen LogP contribution in [-0.4, -0.2) is 32.8 Å². The molecule has 0 aromatic heterocycles. The normalized spacial score (nSPS) is 24.9. The fraction of sp³-hybridized carbons (Fsp3) is 0.316. The maximum Gasteiger partial charge on any atom is 0.315 e. The minimum absolute atomic E-state index is 0.125. The fourth-order valence-electron chi connectivity index (χ4n) is 3.62. The molecule has 0 unspecified atom stereocenters. The van der Waals surface area contributed by atoms with Gasteiger partial charge in [0.15, 0.2) is 9.84 Å². The molecule has 0 spiro atoms. The van der Waals surface area contributed by atoms with E-state index in [1.807, 2.05) is 0 Å². The van der Waals surface area contributed by atoms with Crippen LogP contribution in [0.15, 0.2) is 59.5 Å². The van der Waals surface area contributed by atoms with Gasteiger partial charge in [0.25, 0.3) is 0 Å². The second-order valence-corrected chi connectivity index (χ2v) is 8.78. The third-order valence-electron chi connectivity index (χ3n) is 4.86. The third kappa shape index (κ3) is 2.92. The van der Waals surface area contributed by atoms with Gasteiger partial charge >= 0.3 is 5.97 Å². The molecule has 7 heteroatoms. The largest absolute Gasteiger partial charge is 0.465 e. The molecule has 5 nitrogen and oxygen atoms in total. The van der Waals surface area contributed by atoms with E-state index in [2.05, 4.69) is 0 Å². The van der Waals surface area contributed by atoms with Crippen molar-refractivity contribution in [1.82, 2.24) is 0 Å². The van der Waals surface area contributed by atoms with E-state index in [0.29, 0.717) is 10.6 Å². The van der Waals surface area contributed by atoms with Crippen molar-refractivity contribution < 1.29 is 17.9 Å². The molecular formula is C19H20ClNO4S. The van der Waals surface area contributed by atoms with Crippen molar-refractivity contribution in [2.24, 2.45) is 11.1 Å². The first-order chi connectivity index (χ1) is 12.4. The zero-order chi connectivity index (χ0) is 18.9. The highest BCUT2D eigenvalue weighted by Gasteiger charge is 2.75. The van der Waals surface area contributed by atoms with Crippen LogP contribution in [0.3, 0.4) is 0 Å². The molecule has 0 saturated heterocycles. The maximum absolute atomic E-state index is 13.3. The summed E-state index contributed by atoms with van der Waals surface area (Å²) >= 11 is 6.08. The molecule has 2 aromatic carbocycles. The van der Waals surface area contributed by atoms with Gasteiger partial charge in [-0.15, -0.1) is 0 Å². The van der Waals surface area contributed by atoms with Crippen LogP contribution in [0.5, 0.6) is 0 Å². The van der Waals surface area contributed by atoms with E-state index in [0.717, 1.165) is 0 Å². The molecule has 2 aromatic rings. The van der Waals surface area contributed by atoms with Gasteiger partial charge in [0, 0.05) is 17.5 Å². The summed E-state index contributed by atoms with van der Waals surface area (Å²) in [6.07, 6.45) is 0. The second-order valence-electron chi connectivity index (χ2n) is 6.28. The summed E-state index contributed by atoms with van der Waals surface area (Å²) in [6, 6.07) is 15.0. The Morgan fingerprint density at radius 3 is 2.46 bits per heavy atom. The van der Waals surface area contributed by atoms with E-state index in [9.17, 15) is 13.2 Å². The summed E-state index contributed by atoms with van der Waals surface area (Å²) in [5, 5.41) is -0.514. The molecule has 3 atom stereocenters. The Morgan fingerprint density at radius 2 is 1.88 bits per heavy atom. The van der Waals surface area contributed by atoms with E-state index in [1.165, 1.54) is 12.1 Å². The number of esters is 1. The molecule has 1 aliphatic carbocycles. The number of carbonyl (C=O) groups excluding carboxylic acids is 1. The molecule has 1 fully saturated rings. The molecule has 0 heterocycles. The van der Waals surface area contributed by atoms with Crippen LogP contribution in [-0.2, 0) is 19.4 Å². The average molecular weight is 394 g/mol. The lowest BCUT2D eigenvalue weighted by atomic mass is 9.99. The minimum atomic E-state index is -3.78. The molecule has 2 N–H and O–H groups in total. The molecule has 1 saturated carbocycles. The number of sulfone groups is 1.